The molecule has 3 aromatic rings. The highest BCUT2D eigenvalue weighted by Crippen LogP contribution is 2.10. The van der Waals surface area contributed by atoms with Crippen molar-refractivity contribution in [3.8, 4) is 5.69 Å². The maximum Gasteiger partial charge on any atom is 0.325 e. The molecule has 126 valence electrons. The molecule has 0 bridgehead atoms. The third kappa shape index (κ3) is 3.86. The number of nitrogens with zero attached hydrogens (tertiary/aromatic N) is 2. The van der Waals surface area contributed by atoms with Crippen LogP contribution in [0.25, 0.3) is 5.69 Å². The predicted molar refractivity (Wildman–Crippen MR) is 88.8 cm³/mol. The van der Waals surface area contributed by atoms with Crippen LogP contribution in [-0.2, 0) is 0 Å². The minimum atomic E-state index is -0.743. The number of rotatable bonds is 3. The van der Waals surface area contributed by atoms with Gasteiger partial charge in [0.15, 0.2) is 0 Å². The lowest BCUT2D eigenvalue weighted by atomic mass is 10.3. The molecule has 0 spiro atoms. The van der Waals surface area contributed by atoms with Gasteiger partial charge < -0.3 is 5.32 Å². The molecule has 0 aliphatic carbocycles. The summed E-state index contributed by atoms with van der Waals surface area (Å²) in [4.78, 5) is 28.2. The van der Waals surface area contributed by atoms with Crippen LogP contribution >= 0.6 is 0 Å². The second-order valence-electron chi connectivity index (χ2n) is 5.02. The van der Waals surface area contributed by atoms with Crippen LogP contribution < -0.4 is 16.2 Å². The second-order valence-corrected chi connectivity index (χ2v) is 5.02. The first-order valence-electron chi connectivity index (χ1n) is 7.20. The van der Waals surface area contributed by atoms with Gasteiger partial charge in [0.05, 0.1) is 0 Å². The van der Waals surface area contributed by atoms with E-state index in [-0.39, 0.29) is 11.5 Å². The highest BCUT2D eigenvalue weighted by atomic mass is 19.1. The largest absolute Gasteiger partial charge is 0.325 e. The zero-order valence-corrected chi connectivity index (χ0v) is 12.7. The Hall–Kier alpha value is -3.55. The van der Waals surface area contributed by atoms with Crippen LogP contribution in [0.4, 0.5) is 25.1 Å². The normalized spacial score (nSPS) is 10.3. The Labute approximate surface area is 140 Å². The fourth-order valence-corrected chi connectivity index (χ4v) is 2.14. The van der Waals surface area contributed by atoms with E-state index in [2.05, 4.69) is 15.6 Å². The number of nitrogens with one attached hydrogen (secondary N) is 2. The Morgan fingerprint density at radius 3 is 2.48 bits per heavy atom. The third-order valence-electron chi connectivity index (χ3n) is 3.26. The summed E-state index contributed by atoms with van der Waals surface area (Å²) in [5.41, 5.74) is 0.0539. The van der Waals surface area contributed by atoms with Crippen molar-refractivity contribution in [1.29, 1.82) is 0 Å². The molecule has 1 aromatic heterocycles. The standard InChI is InChI=1S/C17H12F2N4O2/c18-11-4-6-14(7-5-11)23-9-8-20-15(16(23)24)22-17(25)21-13-3-1-2-12(19)10-13/h1-10H,(H2,20,21,22,25). The van der Waals surface area contributed by atoms with Gasteiger partial charge >= 0.3 is 6.03 Å². The molecule has 0 atom stereocenters. The van der Waals surface area contributed by atoms with Crippen molar-refractivity contribution in [2.45, 2.75) is 0 Å². The number of hydrogen-bond acceptors (Lipinski definition) is 3. The Bertz CT molecular complexity index is 971. The van der Waals surface area contributed by atoms with Gasteiger partial charge in [0.25, 0.3) is 5.56 Å². The Balaban J connectivity index is 1.81. The average Bonchev–Trinajstić information content (AvgIpc) is 2.58. The lowest BCUT2D eigenvalue weighted by Crippen LogP contribution is -2.28. The Morgan fingerprint density at radius 2 is 1.76 bits per heavy atom. The zero-order chi connectivity index (χ0) is 17.8. The highest BCUT2D eigenvalue weighted by molar-refractivity contribution is 5.99. The van der Waals surface area contributed by atoms with Crippen molar-refractivity contribution in [2.24, 2.45) is 0 Å². The monoisotopic (exact) mass is 342 g/mol. The van der Waals surface area contributed by atoms with E-state index in [0.717, 1.165) is 6.07 Å². The van der Waals surface area contributed by atoms with Gasteiger partial charge in [-0.05, 0) is 42.5 Å². The minimum absolute atomic E-state index is 0.222. The Kier molecular flexibility index (Phi) is 4.51. The van der Waals surface area contributed by atoms with Gasteiger partial charge in [0.2, 0.25) is 5.82 Å². The molecule has 2 amide bonds. The molecule has 6 nitrogen and oxygen atoms in total. The first-order chi connectivity index (χ1) is 12.0. The van der Waals surface area contributed by atoms with Gasteiger partial charge in [-0.25, -0.2) is 18.6 Å². The maximum atomic E-state index is 13.1. The van der Waals surface area contributed by atoms with E-state index >= 15 is 0 Å². The van der Waals surface area contributed by atoms with Gasteiger partial charge in [-0.2, -0.15) is 0 Å². The summed E-state index contributed by atoms with van der Waals surface area (Å²) in [7, 11) is 0. The van der Waals surface area contributed by atoms with Crippen LogP contribution in [0, 0.1) is 11.6 Å². The smallest absolute Gasteiger partial charge is 0.308 e. The summed E-state index contributed by atoms with van der Waals surface area (Å²) in [5, 5.41) is 4.71. The van der Waals surface area contributed by atoms with E-state index in [1.54, 1.807) is 0 Å². The number of aromatic nitrogens is 2. The predicted octanol–water partition coefficient (Wildman–Crippen LogP) is 3.15. The quantitative estimate of drug-likeness (QED) is 0.768. The van der Waals surface area contributed by atoms with Crippen LogP contribution in [0.2, 0.25) is 0 Å². The van der Waals surface area contributed by atoms with Crippen molar-refractivity contribution < 1.29 is 13.6 Å². The number of benzene rings is 2. The molecule has 3 rings (SSSR count). The number of anilines is 2. The molecule has 0 aliphatic heterocycles. The molecule has 25 heavy (non-hydrogen) atoms. The van der Waals surface area contributed by atoms with Crippen LogP contribution in [-0.4, -0.2) is 15.6 Å². The van der Waals surface area contributed by atoms with Gasteiger partial charge in [-0.3, -0.25) is 14.7 Å². The molecule has 0 saturated carbocycles. The lowest BCUT2D eigenvalue weighted by Gasteiger charge is -2.09. The fourth-order valence-electron chi connectivity index (χ4n) is 2.14. The molecule has 0 aliphatic rings. The van der Waals surface area contributed by atoms with Gasteiger partial charge in [0.1, 0.15) is 11.6 Å². The lowest BCUT2D eigenvalue weighted by molar-refractivity contribution is 0.262. The first-order valence-corrected chi connectivity index (χ1v) is 7.20. The number of amides is 2. The Morgan fingerprint density at radius 1 is 1.00 bits per heavy atom. The third-order valence-corrected chi connectivity index (χ3v) is 3.26. The van der Waals surface area contributed by atoms with E-state index in [0.29, 0.717) is 5.69 Å². The fraction of sp³-hybridized carbons (Fsp3) is 0. The molecule has 0 unspecified atom stereocenters. The van der Waals surface area contributed by atoms with Gasteiger partial charge in [-0.1, -0.05) is 6.07 Å². The molecular formula is C17H12F2N4O2. The molecule has 0 fully saturated rings. The van der Waals surface area contributed by atoms with E-state index in [9.17, 15) is 18.4 Å². The van der Waals surface area contributed by atoms with E-state index in [1.807, 2.05) is 0 Å². The topological polar surface area (TPSA) is 76.0 Å². The van der Waals surface area contributed by atoms with Crippen LogP contribution in [0.5, 0.6) is 0 Å². The molecule has 8 heteroatoms. The number of halogens is 2. The van der Waals surface area contributed by atoms with E-state index in [1.165, 1.54) is 59.4 Å². The van der Waals surface area contributed by atoms with Crippen molar-refractivity contribution in [3.05, 3.63) is 82.9 Å². The van der Waals surface area contributed by atoms with Gasteiger partial charge in [0, 0.05) is 23.8 Å². The summed E-state index contributed by atoms with van der Waals surface area (Å²) < 4.78 is 27.3. The van der Waals surface area contributed by atoms with E-state index < -0.39 is 23.2 Å². The summed E-state index contributed by atoms with van der Waals surface area (Å²) in [6.07, 6.45) is 2.72. The van der Waals surface area contributed by atoms with Gasteiger partial charge in [-0.15, -0.1) is 0 Å². The molecule has 2 aromatic carbocycles. The first kappa shape index (κ1) is 16.3. The minimum Gasteiger partial charge on any atom is -0.308 e. The average molecular weight is 342 g/mol. The SMILES string of the molecule is O=C(Nc1cccc(F)c1)Nc1nccn(-c2ccc(F)cc2)c1=O. The highest BCUT2D eigenvalue weighted by Gasteiger charge is 2.10. The summed E-state index contributed by atoms with van der Waals surface area (Å²) in [6, 6.07) is 9.84. The van der Waals surface area contributed by atoms with Crippen LogP contribution in [0.1, 0.15) is 0 Å². The van der Waals surface area contributed by atoms with Crippen molar-refractivity contribution in [3.63, 3.8) is 0 Å². The van der Waals surface area contributed by atoms with Crippen molar-refractivity contribution in [1.82, 2.24) is 9.55 Å². The number of carbonyl (C=O) groups is 1. The molecular weight excluding hydrogens is 330 g/mol. The zero-order valence-electron chi connectivity index (χ0n) is 12.7. The van der Waals surface area contributed by atoms with E-state index in [4.69, 9.17) is 0 Å². The molecule has 1 heterocycles. The summed E-state index contributed by atoms with van der Waals surface area (Å²) >= 11 is 0. The van der Waals surface area contributed by atoms with Crippen molar-refractivity contribution in [2.75, 3.05) is 10.6 Å². The van der Waals surface area contributed by atoms with Crippen LogP contribution in [0.3, 0.4) is 0 Å². The van der Waals surface area contributed by atoms with Crippen LogP contribution in [0.15, 0.2) is 65.7 Å². The molecule has 2 N–H and O–H groups in total. The summed E-state index contributed by atoms with van der Waals surface area (Å²) in [5.74, 6) is -1.16. The van der Waals surface area contributed by atoms with Crippen molar-refractivity contribution >= 4 is 17.5 Å². The molecule has 0 saturated heterocycles. The number of carbonyl (C=O) groups excluding carboxylic acids is 1. The maximum absolute atomic E-state index is 13.1. The number of urea groups is 1. The molecule has 0 radical (unpaired) electrons. The number of hydrogen-bond donors (Lipinski definition) is 2. The second kappa shape index (κ2) is 6.91. The summed E-state index contributed by atoms with van der Waals surface area (Å²) in [6.45, 7) is 0.